The number of ether oxygens (including phenoxy) is 1. The number of aromatic nitrogens is 1. The second-order valence-electron chi connectivity index (χ2n) is 7.70. The summed E-state index contributed by atoms with van der Waals surface area (Å²) in [4.78, 5) is 28.9. The van der Waals surface area contributed by atoms with E-state index in [2.05, 4.69) is 20.8 Å². The van der Waals surface area contributed by atoms with E-state index in [4.69, 9.17) is 4.74 Å². The van der Waals surface area contributed by atoms with Crippen molar-refractivity contribution in [3.8, 4) is 0 Å². The van der Waals surface area contributed by atoms with Crippen molar-refractivity contribution >= 4 is 29.1 Å². The molecule has 0 radical (unpaired) electrons. The van der Waals surface area contributed by atoms with Crippen molar-refractivity contribution in [1.82, 2.24) is 15.7 Å². The van der Waals surface area contributed by atoms with Gasteiger partial charge in [0.05, 0.1) is 11.7 Å². The molecule has 0 spiro atoms. The van der Waals surface area contributed by atoms with E-state index in [1.807, 2.05) is 44.2 Å². The normalized spacial score (nSPS) is 13.9. The molecule has 0 aliphatic rings. The lowest BCUT2D eigenvalue weighted by Crippen LogP contribution is -2.50. The van der Waals surface area contributed by atoms with E-state index in [1.54, 1.807) is 33.2 Å². The first kappa shape index (κ1) is 21.3. The number of carbonyl (C=O) groups is 2. The smallest absolute Gasteiger partial charge is 0.408 e. The highest BCUT2D eigenvalue weighted by molar-refractivity contribution is 5.90. The SMILES string of the molecule is CC[C@@H](C)[C@@H](NC(=O)OC(C)(C)C)C(=O)N/N=C\c1ccc2ncccc2c1. The van der Waals surface area contributed by atoms with Crippen molar-refractivity contribution in [2.45, 2.75) is 52.7 Å². The van der Waals surface area contributed by atoms with Crippen LogP contribution in [0, 0.1) is 5.92 Å². The van der Waals surface area contributed by atoms with Gasteiger partial charge in [0.2, 0.25) is 0 Å². The summed E-state index contributed by atoms with van der Waals surface area (Å²) in [5.41, 5.74) is 3.60. The fourth-order valence-corrected chi connectivity index (χ4v) is 2.55. The Labute approximate surface area is 165 Å². The van der Waals surface area contributed by atoms with Crippen LogP contribution in [0.15, 0.2) is 41.6 Å². The molecule has 7 nitrogen and oxygen atoms in total. The van der Waals surface area contributed by atoms with E-state index in [1.165, 1.54) is 0 Å². The summed E-state index contributed by atoms with van der Waals surface area (Å²) in [5, 5.41) is 7.66. The van der Waals surface area contributed by atoms with E-state index < -0.39 is 17.7 Å². The molecule has 1 heterocycles. The summed E-state index contributed by atoms with van der Waals surface area (Å²) in [6.07, 6.45) is 3.39. The highest BCUT2D eigenvalue weighted by Gasteiger charge is 2.28. The van der Waals surface area contributed by atoms with Crippen molar-refractivity contribution in [3.63, 3.8) is 0 Å². The lowest BCUT2D eigenvalue weighted by molar-refractivity contribution is -0.124. The Bertz CT molecular complexity index is 858. The molecule has 2 rings (SSSR count). The first-order valence-electron chi connectivity index (χ1n) is 9.37. The molecular weight excluding hydrogens is 356 g/mol. The van der Waals surface area contributed by atoms with Crippen LogP contribution in [0.1, 0.15) is 46.6 Å². The molecule has 0 saturated heterocycles. The molecule has 1 aromatic carbocycles. The van der Waals surface area contributed by atoms with Crippen LogP contribution in [0.25, 0.3) is 10.9 Å². The van der Waals surface area contributed by atoms with Gasteiger partial charge in [-0.15, -0.1) is 0 Å². The van der Waals surface area contributed by atoms with E-state index in [0.29, 0.717) is 0 Å². The molecule has 28 heavy (non-hydrogen) atoms. The molecule has 2 atom stereocenters. The molecule has 2 N–H and O–H groups in total. The molecule has 0 saturated carbocycles. The Kier molecular flexibility index (Phi) is 7.09. The van der Waals surface area contributed by atoms with Crippen LogP contribution in [-0.2, 0) is 9.53 Å². The van der Waals surface area contributed by atoms with Crippen molar-refractivity contribution in [2.75, 3.05) is 0 Å². The van der Waals surface area contributed by atoms with Gasteiger partial charge >= 0.3 is 6.09 Å². The zero-order chi connectivity index (χ0) is 20.7. The fourth-order valence-electron chi connectivity index (χ4n) is 2.55. The molecule has 1 aromatic heterocycles. The van der Waals surface area contributed by atoms with E-state index in [9.17, 15) is 9.59 Å². The van der Waals surface area contributed by atoms with Crippen LogP contribution in [0.5, 0.6) is 0 Å². The number of alkyl carbamates (subject to hydrolysis) is 1. The summed E-state index contributed by atoms with van der Waals surface area (Å²) < 4.78 is 5.25. The Morgan fingerprint density at radius 1 is 1.29 bits per heavy atom. The second kappa shape index (κ2) is 9.30. The topological polar surface area (TPSA) is 92.7 Å². The van der Waals surface area contributed by atoms with Crippen molar-refractivity contribution in [2.24, 2.45) is 11.0 Å². The van der Waals surface area contributed by atoms with Gasteiger partial charge in [-0.05, 0) is 50.5 Å². The number of hydrogen-bond donors (Lipinski definition) is 2. The average Bonchev–Trinajstić information content (AvgIpc) is 2.64. The Balaban J connectivity index is 2.03. The number of pyridine rings is 1. The number of fused-ring (bicyclic) bond motifs is 1. The Morgan fingerprint density at radius 3 is 2.71 bits per heavy atom. The maximum Gasteiger partial charge on any atom is 0.408 e. The van der Waals surface area contributed by atoms with Gasteiger partial charge in [-0.3, -0.25) is 9.78 Å². The molecule has 0 aliphatic carbocycles. The minimum absolute atomic E-state index is 0.0746. The number of benzene rings is 1. The maximum atomic E-state index is 12.5. The quantitative estimate of drug-likeness (QED) is 0.588. The molecule has 2 amide bonds. The van der Waals surface area contributed by atoms with Gasteiger partial charge in [0.15, 0.2) is 0 Å². The summed E-state index contributed by atoms with van der Waals surface area (Å²) in [5.74, 6) is -0.464. The van der Waals surface area contributed by atoms with Gasteiger partial charge in [0, 0.05) is 11.6 Å². The number of hydrazone groups is 1. The number of rotatable bonds is 6. The number of nitrogens with zero attached hydrogens (tertiary/aromatic N) is 2. The number of hydrogen-bond acceptors (Lipinski definition) is 5. The zero-order valence-electron chi connectivity index (χ0n) is 17.0. The lowest BCUT2D eigenvalue weighted by atomic mass is 9.99. The van der Waals surface area contributed by atoms with E-state index in [-0.39, 0.29) is 11.8 Å². The maximum absolute atomic E-state index is 12.5. The van der Waals surface area contributed by atoms with Crippen molar-refractivity contribution in [3.05, 3.63) is 42.1 Å². The number of amides is 2. The van der Waals surface area contributed by atoms with Crippen LogP contribution in [0.3, 0.4) is 0 Å². The van der Waals surface area contributed by atoms with E-state index >= 15 is 0 Å². The standard InChI is InChI=1S/C21H28N4O3/c1-6-14(2)18(24-20(27)28-21(3,4)5)19(26)25-23-13-15-9-10-17-16(12-15)8-7-11-22-17/h7-14,18H,6H2,1-5H3,(H,24,27)(H,25,26)/b23-13-/t14-,18-/m1/s1. The molecule has 0 bridgehead atoms. The molecule has 7 heteroatoms. The second-order valence-corrected chi connectivity index (χ2v) is 7.70. The summed E-state index contributed by atoms with van der Waals surface area (Å²) in [6.45, 7) is 9.16. The summed E-state index contributed by atoms with van der Waals surface area (Å²) in [6, 6.07) is 8.79. The highest BCUT2D eigenvalue weighted by Crippen LogP contribution is 2.13. The highest BCUT2D eigenvalue weighted by atomic mass is 16.6. The summed E-state index contributed by atoms with van der Waals surface area (Å²) >= 11 is 0. The molecule has 0 unspecified atom stereocenters. The lowest BCUT2D eigenvalue weighted by Gasteiger charge is -2.25. The fraction of sp³-hybridized carbons (Fsp3) is 0.429. The molecule has 0 aliphatic heterocycles. The predicted octanol–water partition coefficient (Wildman–Crippen LogP) is 3.62. The molecular formula is C21H28N4O3. The predicted molar refractivity (Wildman–Crippen MR) is 110 cm³/mol. The zero-order valence-corrected chi connectivity index (χ0v) is 17.0. The number of nitrogens with one attached hydrogen (secondary N) is 2. The molecule has 0 fully saturated rings. The monoisotopic (exact) mass is 384 g/mol. The van der Waals surface area contributed by atoms with Gasteiger partial charge in [0.25, 0.3) is 5.91 Å². The minimum atomic E-state index is -0.738. The first-order valence-corrected chi connectivity index (χ1v) is 9.37. The Hall–Kier alpha value is -2.96. The van der Waals surface area contributed by atoms with Crippen LogP contribution in [-0.4, -0.2) is 34.8 Å². The molecule has 2 aromatic rings. The van der Waals surface area contributed by atoms with Crippen molar-refractivity contribution in [1.29, 1.82) is 0 Å². The summed E-state index contributed by atoms with van der Waals surface area (Å²) in [7, 11) is 0. The van der Waals surface area contributed by atoms with Crippen LogP contribution < -0.4 is 10.7 Å². The van der Waals surface area contributed by atoms with Crippen molar-refractivity contribution < 1.29 is 14.3 Å². The third-order valence-corrected chi connectivity index (χ3v) is 4.18. The minimum Gasteiger partial charge on any atom is -0.444 e. The van der Waals surface area contributed by atoms with Crippen LogP contribution >= 0.6 is 0 Å². The first-order chi connectivity index (χ1) is 13.2. The third kappa shape index (κ3) is 6.33. The number of carbonyl (C=O) groups excluding carboxylic acids is 2. The average molecular weight is 384 g/mol. The molecule has 150 valence electrons. The Morgan fingerprint density at radius 2 is 2.04 bits per heavy atom. The van der Waals surface area contributed by atoms with Gasteiger partial charge in [-0.1, -0.05) is 32.4 Å². The van der Waals surface area contributed by atoms with Gasteiger partial charge in [0.1, 0.15) is 11.6 Å². The van der Waals surface area contributed by atoms with Crippen LogP contribution in [0.2, 0.25) is 0 Å². The largest absolute Gasteiger partial charge is 0.444 e. The van der Waals surface area contributed by atoms with E-state index in [0.717, 1.165) is 22.9 Å². The van der Waals surface area contributed by atoms with Crippen LogP contribution in [0.4, 0.5) is 4.79 Å². The van der Waals surface area contributed by atoms with Gasteiger partial charge in [-0.25, -0.2) is 10.2 Å². The van der Waals surface area contributed by atoms with Gasteiger partial charge in [-0.2, -0.15) is 5.10 Å². The third-order valence-electron chi connectivity index (χ3n) is 4.18. The van der Waals surface area contributed by atoms with Gasteiger partial charge < -0.3 is 10.1 Å².